The van der Waals surface area contributed by atoms with Gasteiger partial charge in [0.2, 0.25) is 0 Å². The highest BCUT2D eigenvalue weighted by Crippen LogP contribution is 2.32. The van der Waals surface area contributed by atoms with Crippen LogP contribution in [0.5, 0.6) is 0 Å². The summed E-state index contributed by atoms with van der Waals surface area (Å²) in [5.74, 6) is -0.560. The van der Waals surface area contributed by atoms with Crippen molar-refractivity contribution in [1.82, 2.24) is 5.32 Å². The Hall–Kier alpha value is -3.34. The van der Waals surface area contributed by atoms with Crippen LogP contribution in [0.25, 0.3) is 0 Å². The molecule has 3 aromatic rings. The second-order valence-corrected chi connectivity index (χ2v) is 9.42. The van der Waals surface area contributed by atoms with Crippen LogP contribution in [0.15, 0.2) is 76.5 Å². The van der Waals surface area contributed by atoms with E-state index in [2.05, 4.69) is 11.4 Å². The van der Waals surface area contributed by atoms with E-state index < -0.39 is 0 Å². The Morgan fingerprint density at radius 3 is 2.47 bits per heavy atom. The Balaban J connectivity index is 1.44. The number of hydrogen-bond donors (Lipinski definition) is 1. The number of rotatable bonds is 6. The Labute approximate surface area is 203 Å². The Morgan fingerprint density at radius 2 is 1.76 bits per heavy atom. The molecule has 1 amide bonds. The lowest BCUT2D eigenvalue weighted by molar-refractivity contribution is -0.00539. The number of amides is 1. The van der Waals surface area contributed by atoms with Gasteiger partial charge in [0, 0.05) is 29.4 Å². The summed E-state index contributed by atoms with van der Waals surface area (Å²) in [4.78, 5) is 16.5. The number of benzene rings is 3. The van der Waals surface area contributed by atoms with Crippen molar-refractivity contribution in [2.75, 3.05) is 18.0 Å². The number of halogens is 1. The Kier molecular flexibility index (Phi) is 7.51. The number of carbonyl (C=O) groups excluding carboxylic acids is 1. The van der Waals surface area contributed by atoms with E-state index in [1.54, 1.807) is 24.3 Å². The lowest BCUT2D eigenvalue weighted by Crippen LogP contribution is -2.45. The molecule has 0 spiro atoms. The van der Waals surface area contributed by atoms with Gasteiger partial charge < -0.3 is 15.0 Å². The summed E-state index contributed by atoms with van der Waals surface area (Å²) in [6.07, 6.45) is 0.0837. The van der Waals surface area contributed by atoms with Crippen LogP contribution in [-0.2, 0) is 11.3 Å². The molecule has 0 radical (unpaired) electrons. The molecule has 0 saturated carbocycles. The second-order valence-electron chi connectivity index (χ2n) is 8.34. The minimum absolute atomic E-state index is 0.0418. The maximum Gasteiger partial charge on any atom is 0.252 e. The molecule has 174 valence electrons. The van der Waals surface area contributed by atoms with Crippen molar-refractivity contribution in [3.8, 4) is 6.07 Å². The molecular formula is C27H26FN3O2S. The van der Waals surface area contributed by atoms with Crippen molar-refractivity contribution in [1.29, 1.82) is 5.26 Å². The lowest BCUT2D eigenvalue weighted by atomic mass is 10.1. The first-order valence-corrected chi connectivity index (χ1v) is 12.0. The number of anilines is 1. The third-order valence-corrected chi connectivity index (χ3v) is 6.74. The maximum atomic E-state index is 14.9. The molecule has 1 saturated heterocycles. The minimum Gasteiger partial charge on any atom is -0.372 e. The van der Waals surface area contributed by atoms with E-state index >= 15 is 0 Å². The number of nitriles is 1. The van der Waals surface area contributed by atoms with Crippen molar-refractivity contribution in [2.24, 2.45) is 0 Å². The molecular weight excluding hydrogens is 449 g/mol. The van der Waals surface area contributed by atoms with E-state index in [1.165, 1.54) is 17.8 Å². The zero-order valence-electron chi connectivity index (χ0n) is 19.1. The topological polar surface area (TPSA) is 65.4 Å². The summed E-state index contributed by atoms with van der Waals surface area (Å²) < 4.78 is 20.6. The van der Waals surface area contributed by atoms with Crippen LogP contribution in [0.1, 0.15) is 35.3 Å². The fourth-order valence-electron chi connectivity index (χ4n) is 4.08. The van der Waals surface area contributed by atoms with E-state index in [4.69, 9.17) is 4.74 Å². The highest BCUT2D eigenvalue weighted by atomic mass is 32.2. The van der Waals surface area contributed by atoms with Crippen LogP contribution in [0.3, 0.4) is 0 Å². The molecule has 5 nitrogen and oxygen atoms in total. The lowest BCUT2D eigenvalue weighted by Gasteiger charge is -2.37. The van der Waals surface area contributed by atoms with Crippen molar-refractivity contribution in [3.05, 3.63) is 89.2 Å². The first-order valence-electron chi connectivity index (χ1n) is 11.2. The Bertz CT molecular complexity index is 1220. The predicted molar refractivity (Wildman–Crippen MR) is 132 cm³/mol. The molecule has 2 atom stereocenters. The van der Waals surface area contributed by atoms with Crippen molar-refractivity contribution in [3.63, 3.8) is 0 Å². The molecule has 0 aromatic heterocycles. The predicted octanol–water partition coefficient (Wildman–Crippen LogP) is 5.39. The quantitative estimate of drug-likeness (QED) is 0.518. The molecule has 7 heteroatoms. The van der Waals surface area contributed by atoms with Crippen molar-refractivity contribution in [2.45, 2.75) is 42.4 Å². The standard InChI is InChI=1S/C27H26FN3O2S/c1-18-16-31(17-19(2)33-18)24-12-11-20(13-23(24)28)15-30-27(32)22-8-4-6-10-26(22)34-25-9-5-3-7-21(25)14-29/h3-13,18-19H,15-17H2,1-2H3,(H,30,32). The highest BCUT2D eigenvalue weighted by molar-refractivity contribution is 7.99. The molecule has 34 heavy (non-hydrogen) atoms. The van der Waals surface area contributed by atoms with E-state index in [0.29, 0.717) is 35.5 Å². The number of hydrogen-bond acceptors (Lipinski definition) is 5. The van der Waals surface area contributed by atoms with Gasteiger partial charge in [0.15, 0.2) is 0 Å². The van der Waals surface area contributed by atoms with Crippen LogP contribution < -0.4 is 10.2 Å². The molecule has 1 aliphatic rings. The molecule has 3 aromatic carbocycles. The van der Waals surface area contributed by atoms with Crippen LogP contribution in [0.2, 0.25) is 0 Å². The van der Waals surface area contributed by atoms with Gasteiger partial charge in [0.25, 0.3) is 5.91 Å². The molecule has 1 aliphatic heterocycles. The third-order valence-electron chi connectivity index (χ3n) is 5.58. The van der Waals surface area contributed by atoms with Crippen molar-refractivity contribution >= 4 is 23.4 Å². The van der Waals surface area contributed by atoms with Gasteiger partial charge in [0.05, 0.1) is 29.0 Å². The number of nitrogens with one attached hydrogen (secondary N) is 1. The van der Waals surface area contributed by atoms with Gasteiger partial charge >= 0.3 is 0 Å². The van der Waals surface area contributed by atoms with E-state index in [-0.39, 0.29) is 30.5 Å². The maximum absolute atomic E-state index is 14.9. The fraction of sp³-hybridized carbons (Fsp3) is 0.259. The number of nitrogens with zero attached hydrogens (tertiary/aromatic N) is 2. The highest BCUT2D eigenvalue weighted by Gasteiger charge is 2.24. The van der Waals surface area contributed by atoms with Crippen LogP contribution in [0, 0.1) is 17.1 Å². The van der Waals surface area contributed by atoms with E-state index in [9.17, 15) is 14.4 Å². The number of carbonyl (C=O) groups is 1. The van der Waals surface area contributed by atoms with E-state index in [1.807, 2.05) is 55.1 Å². The minimum atomic E-state index is -0.308. The Morgan fingerprint density at radius 1 is 1.09 bits per heavy atom. The number of morpholine rings is 1. The molecule has 0 aliphatic carbocycles. The van der Waals surface area contributed by atoms with Crippen LogP contribution in [0.4, 0.5) is 10.1 Å². The summed E-state index contributed by atoms with van der Waals surface area (Å²) >= 11 is 1.38. The monoisotopic (exact) mass is 475 g/mol. The second kappa shape index (κ2) is 10.7. The summed E-state index contributed by atoms with van der Waals surface area (Å²) in [5.41, 5.74) is 2.30. The van der Waals surface area contributed by atoms with Gasteiger partial charge in [-0.25, -0.2) is 4.39 Å². The average Bonchev–Trinajstić information content (AvgIpc) is 2.82. The largest absolute Gasteiger partial charge is 0.372 e. The van der Waals surface area contributed by atoms with Gasteiger partial charge in [-0.05, 0) is 55.8 Å². The molecule has 0 bridgehead atoms. The summed E-state index contributed by atoms with van der Waals surface area (Å²) in [5, 5.41) is 12.2. The normalized spacial score (nSPS) is 17.8. The summed E-state index contributed by atoms with van der Waals surface area (Å²) in [7, 11) is 0. The molecule has 4 rings (SSSR count). The molecule has 1 N–H and O–H groups in total. The molecule has 1 heterocycles. The first kappa shape index (κ1) is 23.8. The van der Waals surface area contributed by atoms with E-state index in [0.717, 1.165) is 9.79 Å². The number of ether oxygens (including phenoxy) is 1. The molecule has 1 fully saturated rings. The van der Waals surface area contributed by atoms with Gasteiger partial charge in [-0.3, -0.25) is 4.79 Å². The SMILES string of the molecule is CC1CN(c2ccc(CNC(=O)c3ccccc3Sc3ccccc3C#N)cc2F)CC(C)O1. The summed E-state index contributed by atoms with van der Waals surface area (Å²) in [6, 6.07) is 21.8. The zero-order chi connectivity index (χ0) is 24.1. The van der Waals surface area contributed by atoms with Gasteiger partial charge in [-0.15, -0.1) is 0 Å². The van der Waals surface area contributed by atoms with Gasteiger partial charge in [-0.2, -0.15) is 5.26 Å². The third kappa shape index (κ3) is 5.58. The van der Waals surface area contributed by atoms with Gasteiger partial charge in [-0.1, -0.05) is 42.1 Å². The molecule has 2 unspecified atom stereocenters. The summed E-state index contributed by atoms with van der Waals surface area (Å²) in [6.45, 7) is 5.46. The first-order chi connectivity index (χ1) is 16.4. The fourth-order valence-corrected chi connectivity index (χ4v) is 5.10. The van der Waals surface area contributed by atoms with Crippen LogP contribution >= 0.6 is 11.8 Å². The van der Waals surface area contributed by atoms with Gasteiger partial charge in [0.1, 0.15) is 11.9 Å². The smallest absolute Gasteiger partial charge is 0.252 e. The van der Waals surface area contributed by atoms with Crippen molar-refractivity contribution < 1.29 is 13.9 Å². The zero-order valence-corrected chi connectivity index (χ0v) is 19.9. The van der Waals surface area contributed by atoms with Crippen LogP contribution in [-0.4, -0.2) is 31.2 Å². The average molecular weight is 476 g/mol.